The van der Waals surface area contributed by atoms with Crippen molar-refractivity contribution in [1.82, 2.24) is 5.32 Å². The molecule has 0 atom stereocenters. The zero-order valence-electron chi connectivity index (χ0n) is 10.1. The molecule has 0 aromatic heterocycles. The molecule has 0 spiro atoms. The molecule has 0 saturated carbocycles. The fourth-order valence-electron chi connectivity index (χ4n) is 1.91. The van der Waals surface area contributed by atoms with E-state index in [1.54, 1.807) is 0 Å². The van der Waals surface area contributed by atoms with E-state index in [4.69, 9.17) is 0 Å². The van der Waals surface area contributed by atoms with Crippen LogP contribution < -0.4 is 10.6 Å². The second kappa shape index (κ2) is 7.16. The maximum absolute atomic E-state index is 11.8. The minimum atomic E-state index is 0.0197. The van der Waals surface area contributed by atoms with Gasteiger partial charge >= 0.3 is 0 Å². The lowest BCUT2D eigenvalue weighted by molar-refractivity contribution is -0.115. The highest BCUT2D eigenvalue weighted by Crippen LogP contribution is 2.17. The van der Waals surface area contributed by atoms with Crippen LogP contribution in [-0.4, -0.2) is 30.0 Å². The topological polar surface area (TPSA) is 41.1 Å². The summed E-state index contributed by atoms with van der Waals surface area (Å²) in [7, 11) is 0. The molecule has 0 bridgehead atoms. The third-order valence-corrected chi connectivity index (χ3v) is 4.42. The second-order valence-corrected chi connectivity index (χ2v) is 6.47. The monoisotopic (exact) mass is 328 g/mol. The molecule has 0 radical (unpaired) electrons. The van der Waals surface area contributed by atoms with Crippen LogP contribution in [0.2, 0.25) is 0 Å². The number of carbonyl (C=O) groups excluding carboxylic acids is 1. The van der Waals surface area contributed by atoms with Crippen LogP contribution in [0, 0.1) is 0 Å². The lowest BCUT2D eigenvalue weighted by Crippen LogP contribution is -2.38. The van der Waals surface area contributed by atoms with E-state index < -0.39 is 0 Å². The number of amides is 1. The lowest BCUT2D eigenvalue weighted by atomic mass is 10.1. The molecule has 5 heteroatoms. The molecular formula is C13H17BrN2OS. The largest absolute Gasteiger partial charge is 0.325 e. The third kappa shape index (κ3) is 4.63. The van der Waals surface area contributed by atoms with Gasteiger partial charge in [-0.1, -0.05) is 22.0 Å². The predicted octanol–water partition coefficient (Wildman–Crippen LogP) is 2.87. The van der Waals surface area contributed by atoms with E-state index in [9.17, 15) is 4.79 Å². The molecule has 1 aromatic rings. The van der Waals surface area contributed by atoms with Crippen molar-refractivity contribution in [3.8, 4) is 0 Å². The first-order valence-electron chi connectivity index (χ1n) is 6.10. The summed E-state index contributed by atoms with van der Waals surface area (Å²) in [4.78, 5) is 11.8. The van der Waals surface area contributed by atoms with Crippen LogP contribution >= 0.6 is 27.7 Å². The van der Waals surface area contributed by atoms with Crippen molar-refractivity contribution < 1.29 is 4.79 Å². The van der Waals surface area contributed by atoms with Gasteiger partial charge in [-0.3, -0.25) is 4.79 Å². The van der Waals surface area contributed by atoms with Crippen molar-refractivity contribution >= 4 is 39.3 Å². The van der Waals surface area contributed by atoms with Crippen molar-refractivity contribution in [2.45, 2.75) is 18.9 Å². The van der Waals surface area contributed by atoms with Crippen LogP contribution in [0.15, 0.2) is 28.7 Å². The molecule has 0 unspecified atom stereocenters. The molecule has 98 valence electrons. The molecule has 1 fully saturated rings. The number of halogens is 1. The van der Waals surface area contributed by atoms with E-state index in [-0.39, 0.29) is 5.91 Å². The molecule has 1 aliphatic rings. The highest BCUT2D eigenvalue weighted by atomic mass is 79.9. The molecular weight excluding hydrogens is 312 g/mol. The zero-order chi connectivity index (χ0) is 12.8. The van der Waals surface area contributed by atoms with Gasteiger partial charge in [-0.15, -0.1) is 0 Å². The van der Waals surface area contributed by atoms with Crippen molar-refractivity contribution in [1.29, 1.82) is 0 Å². The first kappa shape index (κ1) is 13.9. The fraction of sp³-hybridized carbons (Fsp3) is 0.462. The Kier molecular flexibility index (Phi) is 5.53. The first-order chi connectivity index (χ1) is 8.74. The summed E-state index contributed by atoms with van der Waals surface area (Å²) in [5, 5.41) is 6.20. The first-order valence-corrected chi connectivity index (χ1v) is 8.05. The Morgan fingerprint density at radius 1 is 1.39 bits per heavy atom. The van der Waals surface area contributed by atoms with Crippen LogP contribution in [0.3, 0.4) is 0 Å². The number of carbonyl (C=O) groups is 1. The summed E-state index contributed by atoms with van der Waals surface area (Å²) < 4.78 is 0.970. The molecule has 1 saturated heterocycles. The van der Waals surface area contributed by atoms with E-state index >= 15 is 0 Å². The van der Waals surface area contributed by atoms with Gasteiger partial charge < -0.3 is 10.6 Å². The molecule has 18 heavy (non-hydrogen) atoms. The third-order valence-electron chi connectivity index (χ3n) is 2.88. The van der Waals surface area contributed by atoms with Gasteiger partial charge in [-0.05, 0) is 42.5 Å². The van der Waals surface area contributed by atoms with Crippen LogP contribution in [0.25, 0.3) is 0 Å². The van der Waals surface area contributed by atoms with Gasteiger partial charge in [0.2, 0.25) is 5.91 Å². The molecule has 1 aromatic carbocycles. The second-order valence-electron chi connectivity index (χ2n) is 4.33. The quantitative estimate of drug-likeness (QED) is 0.892. The molecule has 2 rings (SSSR count). The SMILES string of the molecule is O=C(CNC1CCSCC1)Nc1cccc(Br)c1. The van der Waals surface area contributed by atoms with Gasteiger partial charge in [0.05, 0.1) is 6.54 Å². The smallest absolute Gasteiger partial charge is 0.238 e. The van der Waals surface area contributed by atoms with Gasteiger partial charge in [0.25, 0.3) is 0 Å². The highest BCUT2D eigenvalue weighted by molar-refractivity contribution is 9.10. The number of thioether (sulfide) groups is 1. The van der Waals surface area contributed by atoms with Crippen molar-refractivity contribution in [3.63, 3.8) is 0 Å². The Labute approximate surface area is 120 Å². The van der Waals surface area contributed by atoms with Crippen LogP contribution in [-0.2, 0) is 4.79 Å². The number of hydrogen-bond acceptors (Lipinski definition) is 3. The summed E-state index contributed by atoms with van der Waals surface area (Å²) in [5.74, 6) is 2.42. The predicted molar refractivity (Wildman–Crippen MR) is 81.1 cm³/mol. The Morgan fingerprint density at radius 2 is 2.17 bits per heavy atom. The van der Waals surface area contributed by atoms with Gasteiger partial charge in [0, 0.05) is 16.2 Å². The normalized spacial score (nSPS) is 16.5. The molecule has 1 amide bonds. The maximum atomic E-state index is 11.8. The number of hydrogen-bond donors (Lipinski definition) is 2. The molecule has 2 N–H and O–H groups in total. The molecule has 3 nitrogen and oxygen atoms in total. The van der Waals surface area contributed by atoms with Crippen molar-refractivity contribution in [2.75, 3.05) is 23.4 Å². The Balaban J connectivity index is 1.74. The van der Waals surface area contributed by atoms with Crippen LogP contribution in [0.1, 0.15) is 12.8 Å². The number of rotatable bonds is 4. The van der Waals surface area contributed by atoms with E-state index in [0.717, 1.165) is 23.0 Å². The van der Waals surface area contributed by atoms with Gasteiger partial charge in [-0.25, -0.2) is 0 Å². The summed E-state index contributed by atoms with van der Waals surface area (Å²) in [6.07, 6.45) is 2.32. The van der Waals surface area contributed by atoms with Crippen molar-refractivity contribution in [2.24, 2.45) is 0 Å². The van der Waals surface area contributed by atoms with E-state index in [0.29, 0.717) is 12.6 Å². The molecule has 1 aliphatic heterocycles. The highest BCUT2D eigenvalue weighted by Gasteiger charge is 2.14. The molecule has 0 aliphatic carbocycles. The minimum Gasteiger partial charge on any atom is -0.325 e. The van der Waals surface area contributed by atoms with E-state index in [1.165, 1.54) is 11.5 Å². The van der Waals surface area contributed by atoms with Crippen LogP contribution in [0.4, 0.5) is 5.69 Å². The fourth-order valence-corrected chi connectivity index (χ4v) is 3.42. The number of benzene rings is 1. The average molecular weight is 329 g/mol. The summed E-state index contributed by atoms with van der Waals surface area (Å²) in [6.45, 7) is 0.391. The minimum absolute atomic E-state index is 0.0197. The Morgan fingerprint density at radius 3 is 2.89 bits per heavy atom. The standard InChI is InChI=1S/C13H17BrN2OS/c14-10-2-1-3-12(8-10)16-13(17)9-15-11-4-6-18-7-5-11/h1-3,8,11,15H,4-7,9H2,(H,16,17). The Bertz CT molecular complexity index is 408. The van der Waals surface area contributed by atoms with Gasteiger partial charge in [0.1, 0.15) is 0 Å². The zero-order valence-corrected chi connectivity index (χ0v) is 12.5. The lowest BCUT2D eigenvalue weighted by Gasteiger charge is -2.22. The summed E-state index contributed by atoms with van der Waals surface area (Å²) >= 11 is 5.38. The molecule has 1 heterocycles. The summed E-state index contributed by atoms with van der Waals surface area (Å²) in [6, 6.07) is 8.13. The number of nitrogens with one attached hydrogen (secondary N) is 2. The Hall–Kier alpha value is -0.520. The van der Waals surface area contributed by atoms with E-state index in [1.807, 2.05) is 36.0 Å². The average Bonchev–Trinajstić information content (AvgIpc) is 2.38. The van der Waals surface area contributed by atoms with Gasteiger partial charge in [0.15, 0.2) is 0 Å². The summed E-state index contributed by atoms with van der Waals surface area (Å²) in [5.41, 5.74) is 0.829. The van der Waals surface area contributed by atoms with Crippen LogP contribution in [0.5, 0.6) is 0 Å². The number of anilines is 1. The van der Waals surface area contributed by atoms with E-state index in [2.05, 4.69) is 26.6 Å². The van der Waals surface area contributed by atoms with Gasteiger partial charge in [-0.2, -0.15) is 11.8 Å². The van der Waals surface area contributed by atoms with Crippen molar-refractivity contribution in [3.05, 3.63) is 28.7 Å². The maximum Gasteiger partial charge on any atom is 0.238 e.